The van der Waals surface area contributed by atoms with Crippen LogP contribution in [0.15, 0.2) is 0 Å². The summed E-state index contributed by atoms with van der Waals surface area (Å²) < 4.78 is 1.86. The summed E-state index contributed by atoms with van der Waals surface area (Å²) in [5, 5.41) is 0. The molecule has 1 aliphatic heterocycles. The van der Waals surface area contributed by atoms with Gasteiger partial charge in [-0.2, -0.15) is 0 Å². The van der Waals surface area contributed by atoms with Crippen LogP contribution in [0.2, 0.25) is 0 Å². The zero-order valence-corrected chi connectivity index (χ0v) is 12.7. The Labute approximate surface area is 114 Å². The third kappa shape index (κ3) is 1.77. The fourth-order valence-corrected chi connectivity index (χ4v) is 5.06. The third-order valence-corrected chi connectivity index (χ3v) is 7.36. The van der Waals surface area contributed by atoms with Crippen molar-refractivity contribution in [3.05, 3.63) is 0 Å². The Morgan fingerprint density at radius 1 is 1.06 bits per heavy atom. The van der Waals surface area contributed by atoms with Crippen LogP contribution < -0.4 is 0 Å². The first-order chi connectivity index (χ1) is 7.73. The normalized spacial score (nSPS) is 31.0. The van der Waals surface area contributed by atoms with Gasteiger partial charge in [0.05, 0.1) is 10.8 Å². The van der Waals surface area contributed by atoms with Crippen LogP contribution >= 0.6 is 23.5 Å². The van der Waals surface area contributed by atoms with Crippen molar-refractivity contribution in [2.45, 2.75) is 51.2 Å². The quantitative estimate of drug-likeness (QED) is 0.566. The molecule has 98 valence electrons. The molecule has 2 rings (SSSR count). The van der Waals surface area contributed by atoms with Crippen LogP contribution in [0.4, 0.5) is 0 Å². The van der Waals surface area contributed by atoms with Crippen LogP contribution in [0.3, 0.4) is 0 Å². The zero-order chi connectivity index (χ0) is 12.9. The molecule has 4 heteroatoms. The summed E-state index contributed by atoms with van der Waals surface area (Å²) in [7, 11) is 0. The largest absolute Gasteiger partial charge is 0.298 e. The molecule has 0 bridgehead atoms. The van der Waals surface area contributed by atoms with Gasteiger partial charge in [-0.15, -0.1) is 11.6 Å². The van der Waals surface area contributed by atoms with E-state index in [-0.39, 0.29) is 5.78 Å². The van der Waals surface area contributed by atoms with E-state index < -0.39 is 15.0 Å². The molecule has 0 aromatic heterocycles. The minimum atomic E-state index is -0.492. The van der Waals surface area contributed by atoms with Gasteiger partial charge in [-0.3, -0.25) is 4.79 Å². The number of rotatable bonds is 2. The first-order valence-electron chi connectivity index (χ1n) is 6.41. The van der Waals surface area contributed by atoms with Gasteiger partial charge < -0.3 is 0 Å². The summed E-state index contributed by atoms with van der Waals surface area (Å²) in [6.07, 6.45) is 3.81. The first-order valence-corrected chi connectivity index (χ1v) is 7.56. The van der Waals surface area contributed by atoms with E-state index in [1.807, 2.05) is 27.7 Å². The Bertz CT molecular complexity index is 316. The molecule has 0 spiro atoms. The minimum Gasteiger partial charge on any atom is -0.298 e. The Balaban J connectivity index is 2.14. The van der Waals surface area contributed by atoms with E-state index in [0.717, 1.165) is 13.1 Å². The van der Waals surface area contributed by atoms with E-state index in [4.69, 9.17) is 11.6 Å². The molecule has 1 aliphatic carbocycles. The molecule has 2 nitrogen and oxygen atoms in total. The van der Waals surface area contributed by atoms with Crippen molar-refractivity contribution in [3.8, 4) is 0 Å². The second-order valence-corrected chi connectivity index (χ2v) is 8.36. The molecular formula is C13H22ClNOS. The molecular weight excluding hydrogens is 254 g/mol. The van der Waals surface area contributed by atoms with Gasteiger partial charge in [0.15, 0.2) is 0 Å². The van der Waals surface area contributed by atoms with E-state index in [2.05, 4.69) is 4.31 Å². The van der Waals surface area contributed by atoms with Gasteiger partial charge >= 0.3 is 0 Å². The molecule has 0 atom stereocenters. The van der Waals surface area contributed by atoms with Gasteiger partial charge in [0, 0.05) is 13.1 Å². The molecule has 2 fully saturated rings. The number of hydrogen-bond donors (Lipinski definition) is 0. The highest BCUT2D eigenvalue weighted by Gasteiger charge is 2.73. The molecule has 0 aromatic rings. The lowest BCUT2D eigenvalue weighted by molar-refractivity contribution is -0.153. The SMILES string of the molecule is CC1(C)C(=O)C(C)(C)C1(Cl)SN1CCCCC1. The average molecular weight is 276 g/mol. The summed E-state index contributed by atoms with van der Waals surface area (Å²) in [5.74, 6) is 0.282. The van der Waals surface area contributed by atoms with Crippen LogP contribution in [0.25, 0.3) is 0 Å². The zero-order valence-electron chi connectivity index (χ0n) is 11.2. The summed E-state index contributed by atoms with van der Waals surface area (Å²) in [6.45, 7) is 10.1. The van der Waals surface area contributed by atoms with Crippen LogP contribution in [0.5, 0.6) is 0 Å². The van der Waals surface area contributed by atoms with E-state index in [9.17, 15) is 4.79 Å². The predicted molar refractivity (Wildman–Crippen MR) is 74.2 cm³/mol. The second-order valence-electron chi connectivity index (χ2n) is 6.26. The van der Waals surface area contributed by atoms with Gasteiger partial charge in [0.2, 0.25) is 0 Å². The van der Waals surface area contributed by atoms with E-state index in [1.165, 1.54) is 19.3 Å². The lowest BCUT2D eigenvalue weighted by atomic mass is 9.54. The maximum atomic E-state index is 12.1. The number of carbonyl (C=O) groups excluding carboxylic acids is 1. The number of ketones is 1. The summed E-state index contributed by atoms with van der Waals surface area (Å²) in [6, 6.07) is 0. The highest BCUT2D eigenvalue weighted by atomic mass is 35.5. The highest BCUT2D eigenvalue weighted by molar-refractivity contribution is 8.00. The Morgan fingerprint density at radius 2 is 1.53 bits per heavy atom. The predicted octanol–water partition coefficient (Wildman–Crippen LogP) is 3.69. The van der Waals surface area contributed by atoms with Gasteiger partial charge in [0.1, 0.15) is 9.99 Å². The van der Waals surface area contributed by atoms with Gasteiger partial charge in [-0.05, 0) is 12.8 Å². The number of alkyl halides is 1. The fraction of sp³-hybridized carbons (Fsp3) is 0.923. The van der Waals surface area contributed by atoms with Crippen molar-refractivity contribution < 1.29 is 4.79 Å². The smallest absolute Gasteiger partial charge is 0.149 e. The molecule has 1 saturated carbocycles. The maximum absolute atomic E-state index is 12.1. The number of piperidine rings is 1. The van der Waals surface area contributed by atoms with E-state index in [1.54, 1.807) is 11.9 Å². The molecule has 0 amide bonds. The van der Waals surface area contributed by atoms with Crippen molar-refractivity contribution in [1.82, 2.24) is 4.31 Å². The van der Waals surface area contributed by atoms with Gasteiger partial charge in [-0.1, -0.05) is 46.1 Å². The third-order valence-electron chi connectivity index (χ3n) is 4.31. The molecule has 0 unspecified atom stereocenters. The summed E-state index contributed by atoms with van der Waals surface area (Å²) in [5.41, 5.74) is -0.861. The molecule has 0 radical (unpaired) electrons. The van der Waals surface area contributed by atoms with Gasteiger partial charge in [-0.25, -0.2) is 4.31 Å². The van der Waals surface area contributed by atoms with Crippen molar-refractivity contribution in [2.24, 2.45) is 10.8 Å². The van der Waals surface area contributed by atoms with Crippen LogP contribution in [0.1, 0.15) is 47.0 Å². The molecule has 2 aliphatic rings. The van der Waals surface area contributed by atoms with E-state index in [0.29, 0.717) is 0 Å². The molecule has 17 heavy (non-hydrogen) atoms. The van der Waals surface area contributed by atoms with Gasteiger partial charge in [0.25, 0.3) is 0 Å². The molecule has 1 saturated heterocycles. The standard InChI is InChI=1S/C13H22ClNOS/c1-11(2)10(16)12(3,4)13(11,14)17-15-8-6-5-7-9-15/h5-9H2,1-4H3. The van der Waals surface area contributed by atoms with Crippen LogP contribution in [-0.4, -0.2) is 27.4 Å². The summed E-state index contributed by atoms with van der Waals surface area (Å²) in [4.78, 5) is 12.1. The number of halogens is 1. The van der Waals surface area contributed by atoms with Crippen molar-refractivity contribution >= 4 is 29.3 Å². The van der Waals surface area contributed by atoms with Crippen LogP contribution in [-0.2, 0) is 4.79 Å². The van der Waals surface area contributed by atoms with Crippen LogP contribution in [0, 0.1) is 10.8 Å². The molecule has 0 aromatic carbocycles. The number of hydrogen-bond acceptors (Lipinski definition) is 3. The monoisotopic (exact) mass is 275 g/mol. The molecule has 1 heterocycles. The topological polar surface area (TPSA) is 20.3 Å². The number of carbonyl (C=O) groups is 1. The average Bonchev–Trinajstić information content (AvgIpc) is 2.28. The van der Waals surface area contributed by atoms with Crippen molar-refractivity contribution in [2.75, 3.05) is 13.1 Å². The Morgan fingerprint density at radius 3 is 2.00 bits per heavy atom. The lowest BCUT2D eigenvalue weighted by Gasteiger charge is -2.61. The maximum Gasteiger partial charge on any atom is 0.149 e. The second kappa shape index (κ2) is 4.14. The lowest BCUT2D eigenvalue weighted by Crippen LogP contribution is -2.70. The highest BCUT2D eigenvalue weighted by Crippen LogP contribution is 2.68. The Kier molecular flexibility index (Phi) is 3.34. The summed E-state index contributed by atoms with van der Waals surface area (Å²) >= 11 is 8.52. The molecule has 0 N–H and O–H groups in total. The first kappa shape index (κ1) is 13.7. The number of nitrogens with zero attached hydrogens (tertiary/aromatic N) is 1. The van der Waals surface area contributed by atoms with Crippen molar-refractivity contribution in [1.29, 1.82) is 0 Å². The Hall–Kier alpha value is 0.270. The number of Topliss-reactive ketones (excluding diaryl/α,β-unsaturated/α-hetero) is 1. The van der Waals surface area contributed by atoms with Crippen molar-refractivity contribution in [3.63, 3.8) is 0 Å². The minimum absolute atomic E-state index is 0.282. The van der Waals surface area contributed by atoms with E-state index >= 15 is 0 Å². The fourth-order valence-electron chi connectivity index (χ4n) is 3.15.